The Balaban J connectivity index is 1.25. The van der Waals surface area contributed by atoms with Crippen molar-refractivity contribution < 1.29 is 26.3 Å². The average Bonchev–Trinajstić information content (AvgIpc) is 0.705. The molecule has 0 nitrogen and oxygen atoms in total. The second-order valence-corrected chi connectivity index (χ2v) is 41.6. The van der Waals surface area contributed by atoms with E-state index in [9.17, 15) is 0 Å². The molecule has 0 aliphatic carbocycles. The summed E-state index contributed by atoms with van der Waals surface area (Å²) < 4.78 is 104. The maximum absolute atomic E-state index is 17.3. The molecular weight excluding hydrogens is 1320 g/mol. The van der Waals surface area contributed by atoms with E-state index >= 15 is 26.3 Å². The highest BCUT2D eigenvalue weighted by Gasteiger charge is 2.53. The Morgan fingerprint density at radius 2 is 0.286 bits per heavy atom. The molecule has 12 heteroatoms. The van der Waals surface area contributed by atoms with Crippen LogP contribution in [0, 0.1) is 0 Å². The largest absolute Gasteiger partial charge is 0.416 e. The number of hydrogen-bond donors (Lipinski definition) is 0. The number of benzene rings is 14. The minimum Gasteiger partial charge on any atom is -0.166 e. The molecule has 0 heterocycles. The van der Waals surface area contributed by atoms with Gasteiger partial charge in [0.15, 0.2) is 32.3 Å². The highest BCUT2D eigenvalue weighted by Crippen LogP contribution is 2.42. The molecule has 0 fully saturated rings. The van der Waals surface area contributed by atoms with Crippen LogP contribution in [0.25, 0.3) is 0 Å². The van der Waals surface area contributed by atoms with E-state index in [4.69, 9.17) is 0 Å². The fourth-order valence-corrected chi connectivity index (χ4v) is 40.4. The summed E-state index contributed by atoms with van der Waals surface area (Å²) in [5, 5.41) is 12.2. The minimum atomic E-state index is -4.89. The summed E-state index contributed by atoms with van der Waals surface area (Å²) in [6, 6.07) is 126. The predicted octanol–water partition coefficient (Wildman–Crippen LogP) is 12.0. The van der Waals surface area contributed by atoms with Gasteiger partial charge in [-0.05, 0) is 107 Å². The van der Waals surface area contributed by atoms with Crippen LogP contribution in [0.15, 0.2) is 398 Å². The van der Waals surface area contributed by atoms with Crippen LogP contribution >= 0.6 is 21.6 Å². The zero-order chi connectivity index (χ0) is 67.2. The Bertz CT molecular complexity index is 3960. The van der Waals surface area contributed by atoms with Crippen LogP contribution in [0.1, 0.15) is 11.1 Å². The van der Waals surface area contributed by atoms with Crippen molar-refractivity contribution in [2.45, 2.75) is 22.1 Å². The van der Waals surface area contributed by atoms with Gasteiger partial charge < -0.3 is 0 Å². The lowest BCUT2D eigenvalue weighted by molar-refractivity contribution is -0.138. The smallest absolute Gasteiger partial charge is 0.166 e. The molecule has 0 amide bonds. The molecular formula is C86H64F6S2Si4. The topological polar surface area (TPSA) is 0 Å². The summed E-state index contributed by atoms with van der Waals surface area (Å²) in [4.78, 5) is 1.20. The molecule has 0 aliphatic heterocycles. The lowest BCUT2D eigenvalue weighted by atomic mass is 10.2. The summed E-state index contributed by atoms with van der Waals surface area (Å²) in [6.45, 7) is 0. The van der Waals surface area contributed by atoms with Gasteiger partial charge in [-0.3, -0.25) is 0 Å². The van der Waals surface area contributed by atoms with Crippen molar-refractivity contribution in [2.75, 3.05) is 0 Å². The number of hydrogen-bond acceptors (Lipinski definition) is 2. The molecule has 0 radical (unpaired) electrons. The first-order valence-electron chi connectivity index (χ1n) is 32.4. The van der Waals surface area contributed by atoms with Crippen LogP contribution in [0.4, 0.5) is 26.3 Å². The highest BCUT2D eigenvalue weighted by molar-refractivity contribution is 8.77. The number of rotatable bonds is 19. The second kappa shape index (κ2) is 28.0. The molecule has 0 saturated heterocycles. The molecule has 0 aliphatic rings. The van der Waals surface area contributed by atoms with Crippen molar-refractivity contribution in [1.82, 2.24) is 0 Å². The van der Waals surface area contributed by atoms with Crippen molar-refractivity contribution in [1.29, 1.82) is 0 Å². The first kappa shape index (κ1) is 65.5. The van der Waals surface area contributed by atoms with Crippen molar-refractivity contribution in [3.8, 4) is 0 Å². The lowest BCUT2D eigenvalue weighted by Gasteiger charge is -2.42. The summed E-state index contributed by atoms with van der Waals surface area (Å²) in [5.41, 5.74) is -1.61. The van der Waals surface area contributed by atoms with E-state index in [2.05, 4.69) is 146 Å². The standard InChI is InChI=1S/C86H64F6S2Si4/c87-85(88,89)65-61-79(95(67-37-13-1-14-38-67,68-39-15-2-16-40-68)69-41-17-3-18-42-69)83(80(62-65)96(70-43-19-4-20-44-70,71-45-21-5-22-46-71)72-47-23-6-24-48-72)93-94-84-81(97(73-49-25-7-26-50-73,74-51-27-8-28-52-74)75-53-29-9-30-54-75)63-66(86(90,91)92)64-82(84)98(76-55-31-10-32-56-76,77-57-33-11-34-58-77)78-59-35-12-36-60-78/h1-64H. The third kappa shape index (κ3) is 11.7. The van der Waals surface area contributed by atoms with Gasteiger partial charge in [-0.25, -0.2) is 0 Å². The molecule has 0 bridgehead atoms. The van der Waals surface area contributed by atoms with Gasteiger partial charge in [0.05, 0.1) is 11.1 Å². The maximum atomic E-state index is 17.3. The zero-order valence-electron chi connectivity index (χ0n) is 53.0. The first-order chi connectivity index (χ1) is 47.9. The fraction of sp³-hybridized carbons (Fsp3) is 0.0233. The Hall–Kier alpha value is -9.77. The van der Waals surface area contributed by atoms with E-state index in [-0.39, 0.29) is 0 Å². The van der Waals surface area contributed by atoms with Crippen molar-refractivity contribution in [2.24, 2.45) is 0 Å². The first-order valence-corrected chi connectivity index (χ1v) is 42.6. The van der Waals surface area contributed by atoms with Crippen LogP contribution in [0.3, 0.4) is 0 Å². The van der Waals surface area contributed by atoms with Gasteiger partial charge in [0, 0.05) is 9.79 Å². The zero-order valence-corrected chi connectivity index (χ0v) is 58.7. The van der Waals surface area contributed by atoms with Gasteiger partial charge in [0.25, 0.3) is 0 Å². The van der Waals surface area contributed by atoms with E-state index < -0.39 is 55.8 Å². The maximum Gasteiger partial charge on any atom is 0.416 e. The Labute approximate surface area is 580 Å². The third-order valence-corrected chi connectivity index (χ3v) is 41.6. The van der Waals surface area contributed by atoms with Crippen LogP contribution in [-0.4, -0.2) is 32.3 Å². The van der Waals surface area contributed by atoms with Crippen LogP contribution in [0.2, 0.25) is 0 Å². The van der Waals surface area contributed by atoms with E-state index in [1.54, 1.807) is 0 Å². The minimum absolute atomic E-state index is 0.494. The molecule has 478 valence electrons. The fourth-order valence-electron chi connectivity index (χ4n) is 15.1. The normalized spacial score (nSPS) is 12.3. The predicted molar refractivity (Wildman–Crippen MR) is 409 cm³/mol. The van der Waals surface area contributed by atoms with E-state index in [1.165, 1.54) is 45.9 Å². The number of halogens is 6. The van der Waals surface area contributed by atoms with Crippen molar-refractivity contribution in [3.05, 3.63) is 399 Å². The van der Waals surface area contributed by atoms with Gasteiger partial charge in [0.2, 0.25) is 0 Å². The SMILES string of the molecule is FC(F)(F)c1cc([Si](c2ccccc2)(c2ccccc2)c2ccccc2)c(SSc2c([Si](c3ccccc3)(c3ccccc3)c3ccccc3)cc(C(F)(F)F)cc2[Si](c2ccccc2)(c2ccccc2)c2ccccc2)c([Si](c2ccccc2)(c2ccccc2)c2ccccc2)c1. The van der Waals surface area contributed by atoms with Crippen molar-refractivity contribution in [3.63, 3.8) is 0 Å². The summed E-state index contributed by atoms with van der Waals surface area (Å²) in [7, 11) is -13.6. The van der Waals surface area contributed by atoms with Gasteiger partial charge in [-0.2, -0.15) is 26.3 Å². The molecule has 14 aromatic carbocycles. The summed E-state index contributed by atoms with van der Waals surface area (Å²) in [6.07, 6.45) is -9.78. The van der Waals surface area contributed by atoms with Gasteiger partial charge in [-0.15, -0.1) is 0 Å². The van der Waals surface area contributed by atoms with Crippen LogP contribution < -0.4 is 83.0 Å². The molecule has 14 aromatic rings. The van der Waals surface area contributed by atoms with E-state index in [0.29, 0.717) is 30.5 Å². The lowest BCUT2D eigenvalue weighted by Crippen LogP contribution is -2.79. The monoisotopic (exact) mass is 1390 g/mol. The molecule has 0 saturated carbocycles. The van der Waals surface area contributed by atoms with E-state index in [1.807, 2.05) is 218 Å². The Morgan fingerprint density at radius 1 is 0.173 bits per heavy atom. The third-order valence-electron chi connectivity index (χ3n) is 19.1. The molecule has 98 heavy (non-hydrogen) atoms. The van der Waals surface area contributed by atoms with Gasteiger partial charge in [-0.1, -0.05) is 386 Å². The van der Waals surface area contributed by atoms with Gasteiger partial charge >= 0.3 is 12.4 Å². The molecule has 0 aromatic heterocycles. The van der Waals surface area contributed by atoms with Crippen LogP contribution in [-0.2, 0) is 12.4 Å². The quantitative estimate of drug-likeness (QED) is 0.0343. The average molecular weight is 1390 g/mol. The summed E-state index contributed by atoms with van der Waals surface area (Å²) in [5.74, 6) is 0. The molecule has 0 atom stereocenters. The highest BCUT2D eigenvalue weighted by atomic mass is 33.1. The summed E-state index contributed by atoms with van der Waals surface area (Å²) >= 11 is 0. The Kier molecular flexibility index (Phi) is 18.7. The number of alkyl halides is 6. The van der Waals surface area contributed by atoms with Crippen LogP contribution in [0.5, 0.6) is 0 Å². The van der Waals surface area contributed by atoms with Crippen molar-refractivity contribution >= 4 is 137 Å². The molecule has 0 N–H and O–H groups in total. The molecule has 0 spiro atoms. The Morgan fingerprint density at radius 3 is 0.388 bits per heavy atom. The van der Waals surface area contributed by atoms with Gasteiger partial charge in [0.1, 0.15) is 0 Å². The molecule has 14 rings (SSSR count). The van der Waals surface area contributed by atoms with E-state index in [0.717, 1.165) is 62.2 Å². The second-order valence-electron chi connectivity index (χ2n) is 24.4. The molecule has 0 unspecified atom stereocenters.